The average molecular weight is 513 g/mol. The molecule has 2 atom stereocenters. The van der Waals surface area contributed by atoms with E-state index in [4.69, 9.17) is 15.2 Å². The predicted octanol–water partition coefficient (Wildman–Crippen LogP) is 3.22. The van der Waals surface area contributed by atoms with Crippen molar-refractivity contribution in [3.05, 3.63) is 59.2 Å². The van der Waals surface area contributed by atoms with E-state index in [9.17, 15) is 19.2 Å². The number of amides is 4. The number of nitrogens with one attached hydrogen (secondary N) is 2. The molecule has 2 aromatic rings. The highest BCUT2D eigenvalue weighted by Gasteiger charge is 2.36. The molecule has 2 unspecified atom stereocenters. The second kappa shape index (κ2) is 12.2. The lowest BCUT2D eigenvalue weighted by Crippen LogP contribution is -2.52. The number of nitrogens with zero attached hydrogens (tertiary/aromatic N) is 1. The normalized spacial score (nSPS) is 12.6. The molecule has 200 valence electrons. The van der Waals surface area contributed by atoms with E-state index in [1.807, 2.05) is 32.0 Å². The number of likely N-dealkylation sites (N-methyl/N-ethyl adjacent to an activating group) is 1. The first-order chi connectivity index (χ1) is 17.2. The van der Waals surface area contributed by atoms with Crippen molar-refractivity contribution in [2.75, 3.05) is 19.5 Å². The molecule has 0 aliphatic carbocycles. The number of nitrogens with two attached hydrogens (primary N) is 1. The summed E-state index contributed by atoms with van der Waals surface area (Å²) in [5.41, 5.74) is 7.25. The fourth-order valence-corrected chi connectivity index (χ4v) is 3.87. The van der Waals surface area contributed by atoms with Gasteiger partial charge >= 0.3 is 6.09 Å². The Hall–Kier alpha value is -4.08. The van der Waals surface area contributed by atoms with Crippen LogP contribution in [0.1, 0.15) is 49.9 Å². The molecular weight excluding hydrogens is 476 g/mol. The number of carbonyl (C=O) groups excluding carboxylic acids is 4. The van der Waals surface area contributed by atoms with Gasteiger partial charge in [-0.05, 0) is 75.6 Å². The Bertz CT molecular complexity index is 1120. The number of hydrogen-bond donors (Lipinski definition) is 3. The van der Waals surface area contributed by atoms with Gasteiger partial charge in [0.15, 0.2) is 0 Å². The Kier molecular flexibility index (Phi) is 9.65. The minimum absolute atomic E-state index is 0.470. The molecule has 2 rings (SSSR count). The number of aryl methyl sites for hydroxylation is 2. The standard InChI is InChI=1S/C27H36N4O6/c1-16-9-8-10-17(2)22(16)23(24(33)29-18-11-13-19(36-7)14-12-18)31(6)25(34)20(15-21(28)32)30-26(35)37-27(3,4)5/h8-14,20,23H,15H2,1-7H3,(H2,28,32)(H,29,33)(H,30,35). The summed E-state index contributed by atoms with van der Waals surface area (Å²) in [4.78, 5) is 52.6. The molecule has 0 aromatic heterocycles. The second-order valence-electron chi connectivity index (χ2n) is 9.74. The van der Waals surface area contributed by atoms with Crippen LogP contribution in [-0.4, -0.2) is 54.5 Å². The van der Waals surface area contributed by atoms with Gasteiger partial charge in [0.05, 0.1) is 13.5 Å². The summed E-state index contributed by atoms with van der Waals surface area (Å²) in [6, 6.07) is 9.89. The number of alkyl carbamates (subject to hydrolysis) is 1. The highest BCUT2D eigenvalue weighted by atomic mass is 16.6. The first-order valence-corrected chi connectivity index (χ1v) is 11.8. The van der Waals surface area contributed by atoms with Gasteiger partial charge in [0.25, 0.3) is 5.91 Å². The Balaban J connectivity index is 2.45. The van der Waals surface area contributed by atoms with E-state index < -0.39 is 47.9 Å². The van der Waals surface area contributed by atoms with E-state index in [1.165, 1.54) is 11.9 Å². The molecule has 4 amide bonds. The Morgan fingerprint density at radius 3 is 2.05 bits per heavy atom. The summed E-state index contributed by atoms with van der Waals surface area (Å²) in [6.45, 7) is 8.70. The van der Waals surface area contributed by atoms with Gasteiger partial charge in [-0.15, -0.1) is 0 Å². The molecule has 0 bridgehead atoms. The fraction of sp³-hybridized carbons (Fsp3) is 0.407. The fourth-order valence-electron chi connectivity index (χ4n) is 3.87. The van der Waals surface area contributed by atoms with Gasteiger partial charge < -0.3 is 30.7 Å². The predicted molar refractivity (Wildman–Crippen MR) is 140 cm³/mol. The van der Waals surface area contributed by atoms with Gasteiger partial charge in [0.1, 0.15) is 23.4 Å². The van der Waals surface area contributed by atoms with Crippen LogP contribution in [0.15, 0.2) is 42.5 Å². The summed E-state index contributed by atoms with van der Waals surface area (Å²) in [5.74, 6) is -1.33. The molecule has 10 nitrogen and oxygen atoms in total. The molecule has 0 heterocycles. The molecule has 0 aliphatic heterocycles. The molecule has 37 heavy (non-hydrogen) atoms. The van der Waals surface area contributed by atoms with E-state index in [0.29, 0.717) is 17.0 Å². The van der Waals surface area contributed by atoms with E-state index >= 15 is 0 Å². The zero-order valence-electron chi connectivity index (χ0n) is 22.4. The lowest BCUT2D eigenvalue weighted by molar-refractivity contribution is -0.140. The highest BCUT2D eigenvalue weighted by molar-refractivity contribution is 6.00. The van der Waals surface area contributed by atoms with Gasteiger partial charge in [0.2, 0.25) is 11.8 Å². The number of methoxy groups -OCH3 is 1. The number of primary amides is 1. The maximum atomic E-state index is 13.6. The smallest absolute Gasteiger partial charge is 0.408 e. The van der Waals surface area contributed by atoms with Crippen molar-refractivity contribution >= 4 is 29.5 Å². The monoisotopic (exact) mass is 512 g/mol. The maximum Gasteiger partial charge on any atom is 0.408 e. The van der Waals surface area contributed by atoms with E-state index in [2.05, 4.69) is 10.6 Å². The van der Waals surface area contributed by atoms with E-state index in [-0.39, 0.29) is 0 Å². The minimum atomic E-state index is -1.34. The van der Waals surface area contributed by atoms with Crippen molar-refractivity contribution in [1.29, 1.82) is 0 Å². The molecule has 0 aliphatic rings. The Morgan fingerprint density at radius 1 is 1.00 bits per heavy atom. The summed E-state index contributed by atoms with van der Waals surface area (Å²) in [7, 11) is 2.98. The zero-order chi connectivity index (χ0) is 27.9. The van der Waals surface area contributed by atoms with Crippen molar-refractivity contribution < 1.29 is 28.7 Å². The molecule has 0 radical (unpaired) electrons. The SMILES string of the molecule is COc1ccc(NC(=O)C(c2c(C)cccc2C)N(C)C(=O)C(CC(N)=O)NC(=O)OC(C)(C)C)cc1. The van der Waals surface area contributed by atoms with Crippen LogP contribution in [-0.2, 0) is 19.1 Å². The lowest BCUT2D eigenvalue weighted by atomic mass is 9.94. The number of anilines is 1. The molecule has 0 saturated heterocycles. The first kappa shape index (κ1) is 29.2. The Morgan fingerprint density at radius 2 is 1.57 bits per heavy atom. The van der Waals surface area contributed by atoms with Gasteiger partial charge in [-0.3, -0.25) is 14.4 Å². The number of benzene rings is 2. The van der Waals surface area contributed by atoms with Gasteiger partial charge in [-0.2, -0.15) is 0 Å². The molecule has 10 heteroatoms. The first-order valence-electron chi connectivity index (χ1n) is 11.8. The van der Waals surface area contributed by atoms with Crippen LogP contribution in [0.4, 0.5) is 10.5 Å². The Labute approximate surface area is 217 Å². The molecule has 2 aromatic carbocycles. The summed E-state index contributed by atoms with van der Waals surface area (Å²) in [6.07, 6.45) is -1.35. The molecule has 4 N–H and O–H groups in total. The van der Waals surface area contributed by atoms with Gasteiger partial charge in [0, 0.05) is 12.7 Å². The molecule has 0 spiro atoms. The molecule has 0 fully saturated rings. The van der Waals surface area contributed by atoms with E-state index in [0.717, 1.165) is 11.1 Å². The van der Waals surface area contributed by atoms with Gasteiger partial charge in [-0.25, -0.2) is 4.79 Å². The van der Waals surface area contributed by atoms with Crippen molar-refractivity contribution in [3.8, 4) is 5.75 Å². The number of hydrogen-bond acceptors (Lipinski definition) is 6. The van der Waals surface area contributed by atoms with E-state index in [1.54, 1.807) is 52.1 Å². The van der Waals surface area contributed by atoms with Crippen LogP contribution >= 0.6 is 0 Å². The van der Waals surface area contributed by atoms with Crippen LogP contribution in [0.2, 0.25) is 0 Å². The zero-order valence-corrected chi connectivity index (χ0v) is 22.4. The van der Waals surface area contributed by atoms with Crippen LogP contribution in [0.5, 0.6) is 5.75 Å². The van der Waals surface area contributed by atoms with Crippen molar-refractivity contribution in [3.63, 3.8) is 0 Å². The van der Waals surface area contributed by atoms with Crippen molar-refractivity contribution in [2.24, 2.45) is 5.73 Å². The third-order valence-corrected chi connectivity index (χ3v) is 5.55. The summed E-state index contributed by atoms with van der Waals surface area (Å²) in [5, 5.41) is 5.27. The topological polar surface area (TPSA) is 140 Å². The largest absolute Gasteiger partial charge is 0.497 e. The van der Waals surface area contributed by atoms with Crippen molar-refractivity contribution in [2.45, 2.75) is 58.7 Å². The number of carbonyl (C=O) groups is 4. The molecule has 0 saturated carbocycles. The third-order valence-electron chi connectivity index (χ3n) is 5.55. The minimum Gasteiger partial charge on any atom is -0.497 e. The third kappa shape index (κ3) is 8.23. The number of rotatable bonds is 9. The number of ether oxygens (including phenoxy) is 2. The molecular formula is C27H36N4O6. The van der Waals surface area contributed by atoms with Crippen molar-refractivity contribution in [1.82, 2.24) is 10.2 Å². The van der Waals surface area contributed by atoms with Crippen LogP contribution in [0, 0.1) is 13.8 Å². The lowest BCUT2D eigenvalue weighted by Gasteiger charge is -2.32. The summed E-state index contributed by atoms with van der Waals surface area (Å²) >= 11 is 0. The van der Waals surface area contributed by atoms with Crippen LogP contribution in [0.3, 0.4) is 0 Å². The second-order valence-corrected chi connectivity index (χ2v) is 9.74. The van der Waals surface area contributed by atoms with Crippen LogP contribution < -0.4 is 21.1 Å². The van der Waals surface area contributed by atoms with Gasteiger partial charge in [-0.1, -0.05) is 18.2 Å². The average Bonchev–Trinajstić information content (AvgIpc) is 2.79. The summed E-state index contributed by atoms with van der Waals surface area (Å²) < 4.78 is 10.4. The van der Waals surface area contributed by atoms with Crippen LogP contribution in [0.25, 0.3) is 0 Å². The highest BCUT2D eigenvalue weighted by Crippen LogP contribution is 2.29. The maximum absolute atomic E-state index is 13.6. The quantitative estimate of drug-likeness (QED) is 0.471.